The van der Waals surface area contributed by atoms with E-state index in [0.29, 0.717) is 11.7 Å². The van der Waals surface area contributed by atoms with E-state index in [-0.39, 0.29) is 62.9 Å². The molecule has 1 unspecified atom stereocenters. The number of hydrogen-bond acceptors (Lipinski definition) is 4. The van der Waals surface area contributed by atoms with Gasteiger partial charge in [0, 0.05) is 24.3 Å². The first kappa shape index (κ1) is 30.3. The number of hydroxylamine groups is 1. The molecule has 5 saturated carbocycles. The third-order valence-corrected chi connectivity index (χ3v) is 14.9. The van der Waals surface area contributed by atoms with Crippen molar-refractivity contribution in [3.05, 3.63) is 11.6 Å². The summed E-state index contributed by atoms with van der Waals surface area (Å²) in [7, 11) is 0. The minimum atomic E-state index is -0.496. The summed E-state index contributed by atoms with van der Waals surface area (Å²) in [5.41, 5.74) is 3.44. The molecule has 0 radical (unpaired) electrons. The largest absolute Gasteiger partial charge is 0.353 e. The van der Waals surface area contributed by atoms with Crippen LogP contribution in [0.25, 0.3) is 0 Å². The summed E-state index contributed by atoms with van der Waals surface area (Å²) in [5, 5.41) is 3.26. The van der Waals surface area contributed by atoms with Crippen LogP contribution in [0.5, 0.6) is 0 Å². The van der Waals surface area contributed by atoms with Crippen molar-refractivity contribution in [2.75, 3.05) is 0 Å². The fraction of sp³-hybridized carbons (Fsp3) is 0.861. The van der Waals surface area contributed by atoms with Crippen LogP contribution in [0, 0.1) is 50.2 Å². The molecule has 42 heavy (non-hydrogen) atoms. The molecule has 6 nitrogen and oxygen atoms in total. The molecule has 0 aromatic heterocycles. The second-order valence-corrected chi connectivity index (χ2v) is 17.5. The molecule has 0 spiro atoms. The third-order valence-electron chi connectivity index (χ3n) is 14.9. The van der Waals surface area contributed by atoms with E-state index >= 15 is 0 Å². The number of hydrogen-bond donors (Lipinski definition) is 2. The van der Waals surface area contributed by atoms with E-state index in [0.717, 1.165) is 70.6 Å². The summed E-state index contributed by atoms with van der Waals surface area (Å²) in [4.78, 5) is 46.0. The van der Waals surface area contributed by atoms with Gasteiger partial charge in [-0.05, 0) is 122 Å². The Balaban J connectivity index is 1.33. The first-order chi connectivity index (χ1) is 19.5. The third kappa shape index (κ3) is 4.15. The zero-order chi connectivity index (χ0) is 30.5. The van der Waals surface area contributed by atoms with Crippen LogP contribution in [-0.2, 0) is 19.2 Å². The molecule has 6 aliphatic carbocycles. The van der Waals surface area contributed by atoms with Gasteiger partial charge in [0.15, 0.2) is 5.78 Å². The van der Waals surface area contributed by atoms with Gasteiger partial charge in [-0.2, -0.15) is 0 Å². The summed E-state index contributed by atoms with van der Waals surface area (Å²) in [6.07, 6.45) is 14.4. The number of carbonyl (C=O) groups is 3. The van der Waals surface area contributed by atoms with E-state index in [1.54, 1.807) is 6.92 Å². The molecular formula is C36H56N2O4. The Kier molecular flexibility index (Phi) is 6.97. The zero-order valence-corrected chi connectivity index (χ0v) is 27.6. The van der Waals surface area contributed by atoms with Gasteiger partial charge in [-0.1, -0.05) is 54.0 Å². The fourth-order valence-corrected chi connectivity index (χ4v) is 11.6. The maximum atomic E-state index is 14.6. The molecule has 5 fully saturated rings. The first-order valence-electron chi connectivity index (χ1n) is 17.0. The molecule has 9 atom stereocenters. The lowest BCUT2D eigenvalue weighted by Crippen LogP contribution is -2.67. The van der Waals surface area contributed by atoms with Crippen LogP contribution in [0.2, 0.25) is 0 Å². The number of carbonyl (C=O) groups excluding carboxylic acids is 3. The second-order valence-electron chi connectivity index (χ2n) is 17.5. The number of ketones is 1. The van der Waals surface area contributed by atoms with E-state index in [9.17, 15) is 14.4 Å². The quantitative estimate of drug-likeness (QED) is 0.348. The number of rotatable bonds is 4. The molecule has 6 heteroatoms. The number of amides is 2. The maximum absolute atomic E-state index is 14.6. The number of nitrogens with one attached hydrogen (secondary N) is 2. The summed E-state index contributed by atoms with van der Waals surface area (Å²) in [6.45, 7) is 18.1. The number of fused-ring (bicyclic) bond motifs is 7. The summed E-state index contributed by atoms with van der Waals surface area (Å²) in [6, 6.07) is 0.146. The molecule has 6 aliphatic rings. The Morgan fingerprint density at radius 2 is 1.57 bits per heavy atom. The number of allylic oxidation sites excluding steroid dienone is 2. The normalized spacial score (nSPS) is 47.9. The maximum Gasteiger partial charge on any atom is 0.249 e. The lowest BCUT2D eigenvalue weighted by atomic mass is 9.33. The van der Waals surface area contributed by atoms with Gasteiger partial charge in [0.2, 0.25) is 11.8 Å². The second kappa shape index (κ2) is 9.65. The zero-order valence-electron chi connectivity index (χ0n) is 27.6. The molecule has 0 aromatic rings. The van der Waals surface area contributed by atoms with Gasteiger partial charge in [-0.3, -0.25) is 19.2 Å². The van der Waals surface area contributed by atoms with Gasteiger partial charge < -0.3 is 5.32 Å². The van der Waals surface area contributed by atoms with Gasteiger partial charge in [-0.25, -0.2) is 5.48 Å². The van der Waals surface area contributed by atoms with Crippen molar-refractivity contribution in [3.63, 3.8) is 0 Å². The van der Waals surface area contributed by atoms with E-state index in [2.05, 4.69) is 65.3 Å². The van der Waals surface area contributed by atoms with Crippen LogP contribution in [0.3, 0.4) is 0 Å². The molecule has 0 aromatic carbocycles. The van der Waals surface area contributed by atoms with Crippen LogP contribution in [-0.4, -0.2) is 29.7 Å². The van der Waals surface area contributed by atoms with Gasteiger partial charge in [0.1, 0.15) is 0 Å². The lowest BCUT2D eigenvalue weighted by Gasteiger charge is -2.70. The van der Waals surface area contributed by atoms with E-state index in [4.69, 9.17) is 4.84 Å². The monoisotopic (exact) mass is 580 g/mol. The Hall–Kier alpha value is -1.69. The highest BCUT2D eigenvalue weighted by Crippen LogP contribution is 2.75. The van der Waals surface area contributed by atoms with Crippen LogP contribution in [0.1, 0.15) is 132 Å². The fourth-order valence-electron chi connectivity index (χ4n) is 11.6. The van der Waals surface area contributed by atoms with Gasteiger partial charge in [0.05, 0.1) is 6.10 Å². The highest BCUT2D eigenvalue weighted by molar-refractivity contribution is 5.95. The van der Waals surface area contributed by atoms with E-state index in [1.165, 1.54) is 12.0 Å². The van der Waals surface area contributed by atoms with E-state index in [1.807, 2.05) is 0 Å². The topological polar surface area (TPSA) is 84.5 Å². The molecule has 2 N–H and O–H groups in total. The Morgan fingerprint density at radius 1 is 0.881 bits per heavy atom. The highest BCUT2D eigenvalue weighted by atomic mass is 16.7. The Morgan fingerprint density at radius 3 is 2.21 bits per heavy atom. The smallest absolute Gasteiger partial charge is 0.249 e. The molecule has 2 amide bonds. The van der Waals surface area contributed by atoms with Gasteiger partial charge in [0.25, 0.3) is 0 Å². The lowest BCUT2D eigenvalue weighted by molar-refractivity contribution is -0.190. The Labute approximate surface area is 253 Å². The predicted molar refractivity (Wildman–Crippen MR) is 164 cm³/mol. The molecule has 0 saturated heterocycles. The van der Waals surface area contributed by atoms with Crippen LogP contribution in [0.4, 0.5) is 0 Å². The SMILES string of the molecule is CC(=O)N[C@H]1CC[C@@]2(C)C(CC[C@]3(C)[C@@H]2C(=O)C=C2[C@@H]4C[C@@](C)(C(=O)NOC5CCC5)CC[C@]4(C)CC[C@]23C)C1(C)C. The van der Waals surface area contributed by atoms with Crippen molar-refractivity contribution in [2.24, 2.45) is 50.2 Å². The molecule has 0 bridgehead atoms. The van der Waals surface area contributed by atoms with Crippen LogP contribution >= 0.6 is 0 Å². The summed E-state index contributed by atoms with van der Waals surface area (Å²) < 4.78 is 0. The van der Waals surface area contributed by atoms with Crippen molar-refractivity contribution in [1.82, 2.24) is 10.8 Å². The summed E-state index contributed by atoms with van der Waals surface area (Å²) in [5.74, 6) is 0.959. The van der Waals surface area contributed by atoms with Gasteiger partial charge in [-0.15, -0.1) is 0 Å². The summed E-state index contributed by atoms with van der Waals surface area (Å²) >= 11 is 0. The highest BCUT2D eigenvalue weighted by Gasteiger charge is 2.70. The molecular weight excluding hydrogens is 524 g/mol. The van der Waals surface area contributed by atoms with Crippen molar-refractivity contribution >= 4 is 17.6 Å². The molecule has 0 aliphatic heterocycles. The standard InChI is InChI=1S/C36H56N2O4/c1-22(39)37-28-13-14-34(6)27(31(28,2)3)12-15-36(8)29(34)26(40)20-24-25-21-33(5,30(41)38-42-23-10-9-11-23)17-16-32(25,4)18-19-35(24,36)7/h20,23,25,27-29H,9-19,21H2,1-8H3,(H,37,39)(H,38,41)/t25-,27?,28-,29+,32+,33-,34-,35+,36+/m0/s1. The minimum absolute atomic E-state index is 0.0155. The van der Waals surface area contributed by atoms with Crippen molar-refractivity contribution in [2.45, 2.75) is 145 Å². The van der Waals surface area contributed by atoms with Crippen LogP contribution in [0.15, 0.2) is 11.6 Å². The molecule has 6 rings (SSSR count). The van der Waals surface area contributed by atoms with Crippen molar-refractivity contribution < 1.29 is 19.2 Å². The molecule has 0 heterocycles. The van der Waals surface area contributed by atoms with Crippen molar-refractivity contribution in [3.8, 4) is 0 Å². The Bertz CT molecular complexity index is 1200. The van der Waals surface area contributed by atoms with Crippen molar-refractivity contribution in [1.29, 1.82) is 0 Å². The first-order valence-corrected chi connectivity index (χ1v) is 17.0. The average molecular weight is 581 g/mol. The van der Waals surface area contributed by atoms with Gasteiger partial charge >= 0.3 is 0 Å². The average Bonchev–Trinajstić information content (AvgIpc) is 2.87. The van der Waals surface area contributed by atoms with E-state index < -0.39 is 5.41 Å². The van der Waals surface area contributed by atoms with Crippen LogP contribution < -0.4 is 10.8 Å². The minimum Gasteiger partial charge on any atom is -0.353 e. The molecule has 234 valence electrons. The predicted octanol–water partition coefficient (Wildman–Crippen LogP) is 7.07.